The summed E-state index contributed by atoms with van der Waals surface area (Å²) in [5, 5.41) is 0. The number of halogens is 2. The number of nitrogens with one attached hydrogen (secondary N) is 1. The van der Waals surface area contributed by atoms with E-state index in [0.717, 1.165) is 16.7 Å². The normalized spacial score (nSPS) is 16.2. The third kappa shape index (κ3) is 4.24. The number of rotatable bonds is 7. The summed E-state index contributed by atoms with van der Waals surface area (Å²) in [7, 11) is -3.53. The second-order valence-electron chi connectivity index (χ2n) is 7.71. The van der Waals surface area contributed by atoms with Gasteiger partial charge < -0.3 is 10.3 Å². The summed E-state index contributed by atoms with van der Waals surface area (Å²) in [5.74, 6) is 0.108. The van der Waals surface area contributed by atoms with E-state index in [4.69, 9.17) is 5.73 Å². The summed E-state index contributed by atoms with van der Waals surface area (Å²) in [6, 6.07) is 3.83. The van der Waals surface area contributed by atoms with Gasteiger partial charge in [0.1, 0.15) is 12.0 Å². The van der Waals surface area contributed by atoms with Gasteiger partial charge in [0.25, 0.3) is 0 Å². The van der Waals surface area contributed by atoms with E-state index in [-0.39, 0.29) is 35.8 Å². The molecule has 0 saturated carbocycles. The lowest BCUT2D eigenvalue weighted by Crippen LogP contribution is -2.28. The molecule has 3 aromatic rings. The van der Waals surface area contributed by atoms with Gasteiger partial charge in [0, 0.05) is 19.5 Å². The Bertz CT molecular complexity index is 1260. The number of nitrogens with two attached hydrogens (primary N) is 1. The van der Waals surface area contributed by atoms with Crippen LogP contribution >= 0.6 is 0 Å². The molecule has 11 heteroatoms. The molecule has 1 aliphatic rings. The zero-order valence-electron chi connectivity index (χ0n) is 17.3. The van der Waals surface area contributed by atoms with E-state index in [2.05, 4.69) is 19.7 Å². The molecular formula is C20H24F2N6O2S. The molecule has 4 rings (SSSR count). The molecule has 1 unspecified atom stereocenters. The molecule has 1 atom stereocenters. The van der Waals surface area contributed by atoms with Crippen LogP contribution in [0.5, 0.6) is 0 Å². The first-order valence-corrected chi connectivity index (χ1v) is 11.8. The number of benzene rings is 1. The van der Waals surface area contributed by atoms with Crippen molar-refractivity contribution in [2.75, 3.05) is 18.0 Å². The van der Waals surface area contributed by atoms with E-state index < -0.39 is 22.3 Å². The van der Waals surface area contributed by atoms with Crippen molar-refractivity contribution in [3.8, 4) is 0 Å². The Balaban J connectivity index is 1.77. The van der Waals surface area contributed by atoms with Crippen molar-refractivity contribution in [1.29, 1.82) is 0 Å². The first-order valence-electron chi connectivity index (χ1n) is 10.1. The molecule has 2 heterocycles. The minimum Gasteiger partial charge on any atom is -0.382 e. The van der Waals surface area contributed by atoms with Crippen LogP contribution in [0.2, 0.25) is 0 Å². The van der Waals surface area contributed by atoms with Gasteiger partial charge in [0.15, 0.2) is 17.0 Å². The zero-order chi connectivity index (χ0) is 22.3. The van der Waals surface area contributed by atoms with Gasteiger partial charge in [0.05, 0.1) is 5.75 Å². The SMILES string of the molecule is CCNS(=O)(=O)CCn1c(Cc2cc3c(cc2C)CCC3F)nc2c(N)nc(F)nc21. The molecule has 3 N–H and O–H groups in total. The Kier molecular flexibility index (Phi) is 5.65. The topological polar surface area (TPSA) is 116 Å². The molecule has 0 spiro atoms. The van der Waals surface area contributed by atoms with Gasteiger partial charge in [-0.25, -0.2) is 22.5 Å². The highest BCUT2D eigenvalue weighted by atomic mass is 32.2. The fourth-order valence-electron chi connectivity index (χ4n) is 4.05. The van der Waals surface area contributed by atoms with Crippen LogP contribution in [0.1, 0.15) is 47.6 Å². The molecule has 31 heavy (non-hydrogen) atoms. The number of aromatic nitrogens is 4. The molecule has 0 radical (unpaired) electrons. The molecule has 0 saturated heterocycles. The van der Waals surface area contributed by atoms with Crippen molar-refractivity contribution in [1.82, 2.24) is 24.2 Å². The minimum absolute atomic E-state index is 0.00673. The molecule has 2 aromatic heterocycles. The van der Waals surface area contributed by atoms with Crippen LogP contribution < -0.4 is 10.5 Å². The van der Waals surface area contributed by atoms with Crippen LogP contribution in [0.25, 0.3) is 11.2 Å². The summed E-state index contributed by atoms with van der Waals surface area (Å²) in [6.45, 7) is 3.90. The second kappa shape index (κ2) is 8.12. The zero-order valence-corrected chi connectivity index (χ0v) is 18.1. The van der Waals surface area contributed by atoms with Crippen LogP contribution in [-0.4, -0.2) is 40.2 Å². The average molecular weight is 451 g/mol. The van der Waals surface area contributed by atoms with Crippen LogP contribution in [0, 0.1) is 13.0 Å². The quantitative estimate of drug-likeness (QED) is 0.534. The maximum absolute atomic E-state index is 14.3. The van der Waals surface area contributed by atoms with Gasteiger partial charge in [0.2, 0.25) is 10.0 Å². The smallest absolute Gasteiger partial charge is 0.312 e. The van der Waals surface area contributed by atoms with Gasteiger partial charge in [-0.05, 0) is 42.0 Å². The third-order valence-electron chi connectivity index (χ3n) is 5.57. The molecule has 0 fully saturated rings. The highest BCUT2D eigenvalue weighted by Crippen LogP contribution is 2.36. The number of nitrogens with zero attached hydrogens (tertiary/aromatic N) is 4. The van der Waals surface area contributed by atoms with Crippen molar-refractivity contribution >= 4 is 27.0 Å². The number of aryl methyl sites for hydroxylation is 3. The fraction of sp³-hybridized carbons (Fsp3) is 0.450. The summed E-state index contributed by atoms with van der Waals surface area (Å²) >= 11 is 0. The van der Waals surface area contributed by atoms with E-state index in [1.165, 1.54) is 0 Å². The molecule has 0 amide bonds. The van der Waals surface area contributed by atoms with Gasteiger partial charge in [-0.1, -0.05) is 19.1 Å². The van der Waals surface area contributed by atoms with Crippen molar-refractivity contribution in [2.24, 2.45) is 0 Å². The van der Waals surface area contributed by atoms with Gasteiger partial charge in [-0.3, -0.25) is 0 Å². The van der Waals surface area contributed by atoms with Crippen LogP contribution in [-0.2, 0) is 29.4 Å². The first kappa shape index (κ1) is 21.6. The first-order chi connectivity index (χ1) is 14.7. The lowest BCUT2D eigenvalue weighted by Gasteiger charge is -2.13. The van der Waals surface area contributed by atoms with Crippen molar-refractivity contribution < 1.29 is 17.2 Å². The Morgan fingerprint density at radius 3 is 2.81 bits per heavy atom. The van der Waals surface area contributed by atoms with Gasteiger partial charge in [-0.2, -0.15) is 14.4 Å². The highest BCUT2D eigenvalue weighted by Gasteiger charge is 2.24. The summed E-state index contributed by atoms with van der Waals surface area (Å²) in [5.41, 5.74) is 9.72. The van der Waals surface area contributed by atoms with E-state index in [9.17, 15) is 17.2 Å². The predicted octanol–water partition coefficient (Wildman–Crippen LogP) is 2.34. The Hall–Kier alpha value is -2.66. The maximum atomic E-state index is 14.3. The van der Waals surface area contributed by atoms with E-state index in [0.29, 0.717) is 30.7 Å². The molecule has 0 bridgehead atoms. The number of hydrogen-bond acceptors (Lipinski definition) is 6. The van der Waals surface area contributed by atoms with Crippen molar-refractivity contribution in [3.63, 3.8) is 0 Å². The van der Waals surface area contributed by atoms with Crippen LogP contribution in [0.15, 0.2) is 12.1 Å². The Morgan fingerprint density at radius 1 is 1.29 bits per heavy atom. The number of sulfonamides is 1. The van der Waals surface area contributed by atoms with E-state index in [1.807, 2.05) is 19.1 Å². The number of fused-ring (bicyclic) bond motifs is 2. The third-order valence-corrected chi connectivity index (χ3v) is 7.02. The van der Waals surface area contributed by atoms with Crippen LogP contribution in [0.3, 0.4) is 0 Å². The number of alkyl halides is 1. The molecule has 1 aromatic carbocycles. The van der Waals surface area contributed by atoms with Crippen LogP contribution in [0.4, 0.5) is 14.6 Å². The molecule has 8 nitrogen and oxygen atoms in total. The number of anilines is 1. The minimum atomic E-state index is -3.53. The summed E-state index contributed by atoms with van der Waals surface area (Å²) < 4.78 is 56.4. The number of nitrogen functional groups attached to an aromatic ring is 1. The average Bonchev–Trinajstić information content (AvgIpc) is 3.21. The summed E-state index contributed by atoms with van der Waals surface area (Å²) in [4.78, 5) is 11.8. The molecular weight excluding hydrogens is 426 g/mol. The van der Waals surface area contributed by atoms with Crippen molar-refractivity contribution in [3.05, 3.63) is 46.3 Å². The largest absolute Gasteiger partial charge is 0.382 e. The van der Waals surface area contributed by atoms with E-state index >= 15 is 0 Å². The lowest BCUT2D eigenvalue weighted by molar-refractivity contribution is 0.343. The highest BCUT2D eigenvalue weighted by molar-refractivity contribution is 7.89. The fourth-order valence-corrected chi connectivity index (χ4v) is 5.06. The standard InChI is InChI=1S/C20H24F2N6O2S/c1-3-24-31(29,30)7-6-28-16(25-17-18(23)26-20(22)27-19(17)28)10-13-9-14-12(8-11(13)2)4-5-15(14)21/h8-9,15,24H,3-7,10H2,1-2H3,(H2,23,26,27). The number of imidazole rings is 1. The van der Waals surface area contributed by atoms with E-state index in [1.54, 1.807) is 11.5 Å². The lowest BCUT2D eigenvalue weighted by atomic mass is 9.98. The molecule has 0 aliphatic heterocycles. The molecule has 1 aliphatic carbocycles. The molecule has 166 valence electrons. The Labute approximate surface area is 179 Å². The van der Waals surface area contributed by atoms with Gasteiger partial charge in [-0.15, -0.1) is 0 Å². The monoisotopic (exact) mass is 450 g/mol. The maximum Gasteiger partial charge on any atom is 0.312 e. The predicted molar refractivity (Wildman–Crippen MR) is 113 cm³/mol. The Morgan fingerprint density at radius 2 is 2.06 bits per heavy atom. The summed E-state index contributed by atoms with van der Waals surface area (Å²) in [6.07, 6.45) is -0.520. The number of hydrogen-bond donors (Lipinski definition) is 2. The van der Waals surface area contributed by atoms with Gasteiger partial charge >= 0.3 is 6.08 Å². The second-order valence-corrected chi connectivity index (χ2v) is 9.63. The van der Waals surface area contributed by atoms with Crippen molar-refractivity contribution in [2.45, 2.75) is 45.8 Å².